The molecular formula is C23H19FN2O. The predicted octanol–water partition coefficient (Wildman–Crippen LogP) is 4.70. The minimum absolute atomic E-state index is 0.0529. The molecule has 4 rings (SSSR count). The van der Waals surface area contributed by atoms with Crippen molar-refractivity contribution >= 4 is 17.3 Å². The molecule has 1 unspecified atom stereocenters. The summed E-state index contributed by atoms with van der Waals surface area (Å²) in [6.07, 6.45) is -0.0529. The first-order valence-corrected chi connectivity index (χ1v) is 8.86. The summed E-state index contributed by atoms with van der Waals surface area (Å²) in [6.45, 7) is 1.97. The molecule has 0 aliphatic carbocycles. The van der Waals surface area contributed by atoms with Crippen molar-refractivity contribution in [1.82, 2.24) is 0 Å². The van der Waals surface area contributed by atoms with E-state index in [0.29, 0.717) is 11.3 Å². The first-order valence-electron chi connectivity index (χ1n) is 8.86. The summed E-state index contributed by atoms with van der Waals surface area (Å²) in [4.78, 5) is 13.1. The van der Waals surface area contributed by atoms with Crippen LogP contribution in [0.15, 0.2) is 90.0 Å². The molecule has 3 nitrogen and oxygen atoms in total. The van der Waals surface area contributed by atoms with Crippen molar-refractivity contribution in [2.24, 2.45) is 5.10 Å². The van der Waals surface area contributed by atoms with Gasteiger partial charge in [-0.05, 0) is 24.6 Å². The highest BCUT2D eigenvalue weighted by Crippen LogP contribution is 2.35. The van der Waals surface area contributed by atoms with Crippen LogP contribution < -0.4 is 5.01 Å². The molecule has 1 amide bonds. The summed E-state index contributed by atoms with van der Waals surface area (Å²) in [6, 6.07) is 25.6. The first kappa shape index (κ1) is 17.2. The van der Waals surface area contributed by atoms with Crippen molar-refractivity contribution in [3.8, 4) is 0 Å². The van der Waals surface area contributed by atoms with Gasteiger partial charge in [0, 0.05) is 12.0 Å². The van der Waals surface area contributed by atoms with Crippen LogP contribution in [0.5, 0.6) is 0 Å². The normalized spacial score (nSPS) is 19.3. The van der Waals surface area contributed by atoms with Crippen LogP contribution >= 0.6 is 0 Å². The number of alkyl halides is 1. The predicted molar refractivity (Wildman–Crippen MR) is 106 cm³/mol. The Bertz CT molecular complexity index is 984. The van der Waals surface area contributed by atoms with Gasteiger partial charge in [0.25, 0.3) is 5.91 Å². The molecule has 0 spiro atoms. The zero-order chi connectivity index (χ0) is 18.9. The summed E-state index contributed by atoms with van der Waals surface area (Å²) >= 11 is 0. The van der Waals surface area contributed by atoms with E-state index in [-0.39, 0.29) is 12.1 Å². The number of aryl methyl sites for hydroxylation is 1. The maximum absolute atomic E-state index is 16.3. The quantitative estimate of drug-likeness (QED) is 0.665. The highest BCUT2D eigenvalue weighted by molar-refractivity contribution is 6.27. The van der Waals surface area contributed by atoms with Crippen LogP contribution in [0.1, 0.15) is 16.7 Å². The van der Waals surface area contributed by atoms with E-state index in [0.717, 1.165) is 11.1 Å². The number of carbonyl (C=O) groups excluding carboxylic acids is 1. The second-order valence-corrected chi connectivity index (χ2v) is 6.73. The summed E-state index contributed by atoms with van der Waals surface area (Å²) in [5.41, 5.74) is 0.928. The van der Waals surface area contributed by atoms with Gasteiger partial charge in [-0.3, -0.25) is 4.79 Å². The van der Waals surface area contributed by atoms with E-state index in [4.69, 9.17) is 0 Å². The number of amides is 1. The molecular weight excluding hydrogens is 339 g/mol. The van der Waals surface area contributed by atoms with Crippen LogP contribution in [0.4, 0.5) is 10.1 Å². The van der Waals surface area contributed by atoms with E-state index in [1.165, 1.54) is 5.01 Å². The maximum atomic E-state index is 16.3. The molecule has 27 heavy (non-hydrogen) atoms. The van der Waals surface area contributed by atoms with E-state index >= 15 is 4.39 Å². The van der Waals surface area contributed by atoms with Gasteiger partial charge in [-0.25, -0.2) is 4.39 Å². The van der Waals surface area contributed by atoms with Gasteiger partial charge in [-0.1, -0.05) is 78.4 Å². The van der Waals surface area contributed by atoms with E-state index in [9.17, 15) is 4.79 Å². The molecule has 134 valence electrons. The van der Waals surface area contributed by atoms with E-state index < -0.39 is 11.6 Å². The number of rotatable bonds is 4. The monoisotopic (exact) mass is 358 g/mol. The third-order valence-corrected chi connectivity index (χ3v) is 4.72. The van der Waals surface area contributed by atoms with Crippen molar-refractivity contribution < 1.29 is 9.18 Å². The zero-order valence-corrected chi connectivity index (χ0v) is 15.0. The minimum Gasteiger partial charge on any atom is -0.268 e. The van der Waals surface area contributed by atoms with Gasteiger partial charge in [0.2, 0.25) is 5.67 Å². The number of para-hydroxylation sites is 1. The molecule has 3 aromatic rings. The minimum atomic E-state index is -2.22. The number of benzene rings is 3. The molecule has 0 N–H and O–H groups in total. The van der Waals surface area contributed by atoms with Gasteiger partial charge < -0.3 is 0 Å². The zero-order valence-electron chi connectivity index (χ0n) is 15.0. The van der Waals surface area contributed by atoms with Crippen LogP contribution in [0.2, 0.25) is 0 Å². The lowest BCUT2D eigenvalue weighted by Crippen LogP contribution is -2.44. The SMILES string of the molecule is Cc1ccc(C2=NN(c3ccccc3)C(=O)C2(F)Cc2ccccc2)cc1. The smallest absolute Gasteiger partial charge is 0.268 e. The van der Waals surface area contributed by atoms with Gasteiger partial charge in [0.15, 0.2) is 0 Å². The third-order valence-electron chi connectivity index (χ3n) is 4.72. The van der Waals surface area contributed by atoms with Crippen molar-refractivity contribution in [2.75, 3.05) is 5.01 Å². The van der Waals surface area contributed by atoms with Crippen molar-refractivity contribution in [3.63, 3.8) is 0 Å². The molecule has 0 fully saturated rings. The van der Waals surface area contributed by atoms with Crippen LogP contribution in [0.25, 0.3) is 0 Å². The average molecular weight is 358 g/mol. The van der Waals surface area contributed by atoms with Gasteiger partial charge >= 0.3 is 0 Å². The highest BCUT2D eigenvalue weighted by atomic mass is 19.1. The first-order chi connectivity index (χ1) is 13.1. The maximum Gasteiger partial charge on any atom is 0.291 e. The summed E-state index contributed by atoms with van der Waals surface area (Å²) in [7, 11) is 0. The lowest BCUT2D eigenvalue weighted by molar-refractivity contribution is -0.125. The average Bonchev–Trinajstić information content (AvgIpc) is 2.95. The second-order valence-electron chi connectivity index (χ2n) is 6.73. The fraction of sp³-hybridized carbons (Fsp3) is 0.130. The molecule has 1 aliphatic heterocycles. The number of nitrogens with zero attached hydrogens (tertiary/aromatic N) is 2. The molecule has 0 radical (unpaired) electrons. The molecule has 1 heterocycles. The fourth-order valence-electron chi connectivity index (χ4n) is 3.27. The Kier molecular flexibility index (Phi) is 4.32. The van der Waals surface area contributed by atoms with Gasteiger partial charge in [0.05, 0.1) is 5.69 Å². The Morgan fingerprint density at radius 1 is 0.889 bits per heavy atom. The molecule has 3 aromatic carbocycles. The Hall–Kier alpha value is -3.27. The van der Waals surface area contributed by atoms with E-state index in [1.807, 2.05) is 67.6 Å². The summed E-state index contributed by atoms with van der Waals surface area (Å²) in [5, 5.41) is 5.59. The number of hydrazone groups is 1. The number of hydrogen-bond donors (Lipinski definition) is 0. The topological polar surface area (TPSA) is 32.7 Å². The highest BCUT2D eigenvalue weighted by Gasteiger charge is 2.52. The van der Waals surface area contributed by atoms with E-state index in [2.05, 4.69) is 5.10 Å². The molecule has 0 bridgehead atoms. The lowest BCUT2D eigenvalue weighted by Gasteiger charge is -2.21. The van der Waals surface area contributed by atoms with Crippen LogP contribution in [-0.4, -0.2) is 17.3 Å². The largest absolute Gasteiger partial charge is 0.291 e. The lowest BCUT2D eigenvalue weighted by atomic mass is 9.87. The Morgan fingerprint density at radius 2 is 1.48 bits per heavy atom. The summed E-state index contributed by atoms with van der Waals surface area (Å²) in [5.74, 6) is -0.659. The van der Waals surface area contributed by atoms with Crippen molar-refractivity contribution in [1.29, 1.82) is 0 Å². The second kappa shape index (κ2) is 6.80. The molecule has 1 atom stereocenters. The Labute approximate surface area is 157 Å². The molecule has 0 saturated heterocycles. The van der Waals surface area contributed by atoms with Crippen molar-refractivity contribution in [2.45, 2.75) is 19.0 Å². The van der Waals surface area contributed by atoms with Gasteiger partial charge in [-0.2, -0.15) is 10.1 Å². The van der Waals surface area contributed by atoms with Crippen LogP contribution in [0.3, 0.4) is 0 Å². The molecule has 0 aromatic heterocycles. The third kappa shape index (κ3) is 3.14. The number of anilines is 1. The summed E-state index contributed by atoms with van der Waals surface area (Å²) < 4.78 is 16.3. The molecule has 1 aliphatic rings. The van der Waals surface area contributed by atoms with Gasteiger partial charge in [0.1, 0.15) is 5.71 Å². The number of halogens is 1. The Morgan fingerprint density at radius 3 is 2.11 bits per heavy atom. The van der Waals surface area contributed by atoms with Crippen LogP contribution in [0, 0.1) is 6.92 Å². The Balaban J connectivity index is 1.81. The molecule has 4 heteroatoms. The van der Waals surface area contributed by atoms with Crippen molar-refractivity contribution in [3.05, 3.63) is 102 Å². The number of carbonyl (C=O) groups is 1. The number of hydrogen-bond acceptors (Lipinski definition) is 2. The molecule has 0 saturated carbocycles. The van der Waals surface area contributed by atoms with Gasteiger partial charge in [-0.15, -0.1) is 0 Å². The standard InChI is InChI=1S/C23H19FN2O/c1-17-12-14-19(15-13-17)21-23(24,16-18-8-4-2-5-9-18)22(27)26(25-21)20-10-6-3-7-11-20/h2-15H,16H2,1H3. The van der Waals surface area contributed by atoms with E-state index in [1.54, 1.807) is 24.3 Å². The fourth-order valence-corrected chi connectivity index (χ4v) is 3.27. The van der Waals surface area contributed by atoms with Crippen LogP contribution in [-0.2, 0) is 11.2 Å².